The normalized spacial score (nSPS) is 9.71. The molecule has 3 nitrogen and oxygen atoms in total. The molecular weight excluding hydrogens is 176 g/mol. The Morgan fingerprint density at radius 1 is 1.21 bits per heavy atom. The number of nitrogens with zero attached hydrogens (tertiary/aromatic N) is 2. The van der Waals surface area contributed by atoms with Gasteiger partial charge >= 0.3 is 0 Å². The number of pyridine rings is 1. The number of fused-ring (bicyclic) bond motifs is 1. The van der Waals surface area contributed by atoms with Crippen LogP contribution in [-0.4, -0.2) is 9.20 Å². The topological polar surface area (TPSA) is 26.4 Å². The largest absolute Gasteiger partial charge is 0.270 e. The summed E-state index contributed by atoms with van der Waals surface area (Å²) in [6.07, 6.45) is 1.88. The van der Waals surface area contributed by atoms with Gasteiger partial charge in [-0.15, -0.1) is 0 Å². The number of hydrogen-bond donors (Lipinski definition) is 0. The number of aromatic nitrogens is 2. The Labute approximate surface area is 83.6 Å². The van der Waals surface area contributed by atoms with Gasteiger partial charge in [-0.25, -0.2) is 4.68 Å². The first-order valence-electron chi connectivity index (χ1n) is 4.85. The summed E-state index contributed by atoms with van der Waals surface area (Å²) in [6, 6.07) is 5.78. The minimum Gasteiger partial charge on any atom is -0.267 e. The molecule has 0 N–H and O–H groups in total. The molecule has 2 heterocycles. The number of rotatable bonds is 0. The highest BCUT2D eigenvalue weighted by molar-refractivity contribution is 5.52. The lowest BCUT2D eigenvalue weighted by Gasteiger charge is -1.96. The standard InChI is InChI=1S/C9H10N2O.C2H6/c1-7-8-5-3-4-6-11(8)10(2)9(7)12;1-2/h3-6H,1-2H3;1-2H3. The van der Waals surface area contributed by atoms with Gasteiger partial charge in [-0.05, 0) is 19.1 Å². The SMILES string of the molecule is CC.Cc1c(=O)n(C)n2ccccc12. The van der Waals surface area contributed by atoms with Crippen LogP contribution in [0.15, 0.2) is 29.2 Å². The molecule has 0 aliphatic rings. The maximum absolute atomic E-state index is 11.4. The average molecular weight is 192 g/mol. The average Bonchev–Trinajstić information content (AvgIpc) is 2.48. The molecule has 0 aromatic carbocycles. The molecule has 0 aliphatic heterocycles. The second-order valence-corrected chi connectivity index (χ2v) is 2.88. The molecule has 2 aromatic rings. The van der Waals surface area contributed by atoms with E-state index in [1.807, 2.05) is 49.7 Å². The summed E-state index contributed by atoms with van der Waals surface area (Å²) in [5.74, 6) is 0. The summed E-state index contributed by atoms with van der Waals surface area (Å²) < 4.78 is 3.45. The minimum absolute atomic E-state index is 0.0706. The van der Waals surface area contributed by atoms with Crippen LogP contribution in [0.4, 0.5) is 0 Å². The van der Waals surface area contributed by atoms with E-state index in [2.05, 4.69) is 0 Å². The van der Waals surface area contributed by atoms with Crippen molar-refractivity contribution in [2.75, 3.05) is 0 Å². The van der Waals surface area contributed by atoms with Crippen LogP contribution in [0.2, 0.25) is 0 Å². The van der Waals surface area contributed by atoms with Gasteiger partial charge < -0.3 is 0 Å². The Kier molecular flexibility index (Phi) is 3.12. The second kappa shape index (κ2) is 4.13. The molecular formula is C11H16N2O. The van der Waals surface area contributed by atoms with Crippen molar-refractivity contribution < 1.29 is 0 Å². The van der Waals surface area contributed by atoms with Crippen molar-refractivity contribution in [1.82, 2.24) is 9.20 Å². The lowest BCUT2D eigenvalue weighted by molar-refractivity contribution is 0.680. The minimum atomic E-state index is 0.0706. The van der Waals surface area contributed by atoms with Crippen LogP contribution in [0.1, 0.15) is 19.4 Å². The zero-order valence-corrected chi connectivity index (χ0v) is 9.11. The highest BCUT2D eigenvalue weighted by Crippen LogP contribution is 2.04. The Morgan fingerprint density at radius 2 is 1.86 bits per heavy atom. The molecule has 0 aliphatic carbocycles. The fraction of sp³-hybridized carbons (Fsp3) is 0.364. The van der Waals surface area contributed by atoms with Crippen molar-refractivity contribution in [3.05, 3.63) is 40.3 Å². The fourth-order valence-corrected chi connectivity index (χ4v) is 1.44. The summed E-state index contributed by atoms with van der Waals surface area (Å²) in [5, 5.41) is 0. The second-order valence-electron chi connectivity index (χ2n) is 2.88. The first kappa shape index (κ1) is 10.6. The van der Waals surface area contributed by atoms with Crippen molar-refractivity contribution in [3.8, 4) is 0 Å². The van der Waals surface area contributed by atoms with Crippen LogP contribution in [0.5, 0.6) is 0 Å². The zero-order valence-electron chi connectivity index (χ0n) is 9.11. The molecule has 0 radical (unpaired) electrons. The molecule has 0 bridgehead atoms. The number of aryl methyl sites for hydroxylation is 2. The highest BCUT2D eigenvalue weighted by Gasteiger charge is 2.05. The maximum atomic E-state index is 11.4. The summed E-state index contributed by atoms with van der Waals surface area (Å²) >= 11 is 0. The molecule has 2 rings (SSSR count). The van der Waals surface area contributed by atoms with E-state index < -0.39 is 0 Å². The summed E-state index contributed by atoms with van der Waals surface area (Å²) in [5.41, 5.74) is 1.85. The molecule has 76 valence electrons. The molecule has 0 amide bonds. The lowest BCUT2D eigenvalue weighted by Crippen LogP contribution is -2.15. The molecule has 3 heteroatoms. The monoisotopic (exact) mass is 192 g/mol. The number of hydrogen-bond acceptors (Lipinski definition) is 1. The Balaban J connectivity index is 0.000000461. The molecule has 0 unspecified atom stereocenters. The summed E-state index contributed by atoms with van der Waals surface area (Å²) in [6.45, 7) is 5.84. The molecule has 0 atom stereocenters. The van der Waals surface area contributed by atoms with E-state index in [0.717, 1.165) is 11.1 Å². The van der Waals surface area contributed by atoms with Crippen molar-refractivity contribution in [2.45, 2.75) is 20.8 Å². The fourth-order valence-electron chi connectivity index (χ4n) is 1.44. The Hall–Kier alpha value is -1.51. The van der Waals surface area contributed by atoms with E-state index in [-0.39, 0.29) is 5.56 Å². The molecule has 0 saturated carbocycles. The van der Waals surface area contributed by atoms with Gasteiger partial charge in [-0.2, -0.15) is 0 Å². The van der Waals surface area contributed by atoms with E-state index in [1.165, 1.54) is 0 Å². The van der Waals surface area contributed by atoms with Gasteiger partial charge in [-0.3, -0.25) is 9.31 Å². The molecule has 0 saturated heterocycles. The third kappa shape index (κ3) is 1.45. The van der Waals surface area contributed by atoms with Gasteiger partial charge in [-0.1, -0.05) is 19.9 Å². The van der Waals surface area contributed by atoms with Crippen molar-refractivity contribution in [3.63, 3.8) is 0 Å². The van der Waals surface area contributed by atoms with Crippen molar-refractivity contribution >= 4 is 5.52 Å². The Bertz CT molecular complexity index is 437. The molecule has 14 heavy (non-hydrogen) atoms. The van der Waals surface area contributed by atoms with Crippen LogP contribution >= 0.6 is 0 Å². The van der Waals surface area contributed by atoms with Gasteiger partial charge in [0.25, 0.3) is 5.56 Å². The van der Waals surface area contributed by atoms with Gasteiger partial charge in [0.15, 0.2) is 0 Å². The predicted molar refractivity (Wildman–Crippen MR) is 58.7 cm³/mol. The summed E-state index contributed by atoms with van der Waals surface area (Å²) in [4.78, 5) is 11.4. The third-order valence-electron chi connectivity index (χ3n) is 2.16. The molecule has 2 aromatic heterocycles. The van der Waals surface area contributed by atoms with E-state index in [9.17, 15) is 4.79 Å². The van der Waals surface area contributed by atoms with Crippen LogP contribution in [0.3, 0.4) is 0 Å². The van der Waals surface area contributed by atoms with E-state index >= 15 is 0 Å². The first-order chi connectivity index (χ1) is 6.72. The molecule has 0 spiro atoms. The maximum Gasteiger partial charge on any atom is 0.270 e. The van der Waals surface area contributed by atoms with Gasteiger partial charge in [0.1, 0.15) is 0 Å². The first-order valence-corrected chi connectivity index (χ1v) is 4.85. The van der Waals surface area contributed by atoms with Crippen LogP contribution in [-0.2, 0) is 7.05 Å². The van der Waals surface area contributed by atoms with Crippen LogP contribution < -0.4 is 5.56 Å². The summed E-state index contributed by atoms with van der Waals surface area (Å²) in [7, 11) is 1.77. The van der Waals surface area contributed by atoms with E-state index in [0.29, 0.717) is 0 Å². The van der Waals surface area contributed by atoms with Crippen molar-refractivity contribution in [2.24, 2.45) is 7.05 Å². The van der Waals surface area contributed by atoms with Crippen molar-refractivity contribution in [1.29, 1.82) is 0 Å². The van der Waals surface area contributed by atoms with E-state index in [4.69, 9.17) is 0 Å². The lowest BCUT2D eigenvalue weighted by atomic mass is 10.3. The van der Waals surface area contributed by atoms with Crippen LogP contribution in [0.25, 0.3) is 5.52 Å². The Morgan fingerprint density at radius 3 is 2.43 bits per heavy atom. The van der Waals surface area contributed by atoms with Crippen LogP contribution in [0, 0.1) is 6.92 Å². The van der Waals surface area contributed by atoms with Gasteiger partial charge in [0, 0.05) is 18.8 Å². The highest BCUT2D eigenvalue weighted by atomic mass is 16.1. The van der Waals surface area contributed by atoms with E-state index in [1.54, 1.807) is 11.7 Å². The third-order valence-corrected chi connectivity index (χ3v) is 2.16. The quantitative estimate of drug-likeness (QED) is 0.626. The predicted octanol–water partition coefficient (Wildman–Crippen LogP) is 1.97. The smallest absolute Gasteiger partial charge is 0.267 e. The molecule has 0 fully saturated rings. The van der Waals surface area contributed by atoms with Gasteiger partial charge in [0.2, 0.25) is 0 Å². The zero-order chi connectivity index (χ0) is 10.7. The van der Waals surface area contributed by atoms with Gasteiger partial charge in [0.05, 0.1) is 5.52 Å².